The molecule has 0 amide bonds. The Kier molecular flexibility index (Phi) is 2.64. The van der Waals surface area contributed by atoms with E-state index in [0.29, 0.717) is 17.9 Å². The van der Waals surface area contributed by atoms with Gasteiger partial charge in [0.2, 0.25) is 0 Å². The van der Waals surface area contributed by atoms with Gasteiger partial charge in [0.1, 0.15) is 0 Å². The van der Waals surface area contributed by atoms with Gasteiger partial charge in [-0.25, -0.2) is 0 Å². The molecule has 19 heavy (non-hydrogen) atoms. The van der Waals surface area contributed by atoms with Crippen molar-refractivity contribution in [3.63, 3.8) is 0 Å². The van der Waals surface area contributed by atoms with E-state index < -0.39 is 0 Å². The van der Waals surface area contributed by atoms with Gasteiger partial charge in [0.05, 0.1) is 0 Å². The number of hydrogen-bond acceptors (Lipinski definition) is 1. The van der Waals surface area contributed by atoms with Crippen molar-refractivity contribution < 1.29 is 0 Å². The molecule has 1 aromatic carbocycles. The standard InChI is InChI=1S/C16H19ClN2/c1-19-9-10(7-17)5-13-12-3-2-4-14-16(12)11(8-18-14)6-15(13)19/h2-4,8,10,13,15,18H,5-7,9H2,1H3/t10?,13-,15-/m0/s1. The lowest BCUT2D eigenvalue weighted by Crippen LogP contribution is -2.48. The van der Waals surface area contributed by atoms with Crippen LogP contribution in [0.2, 0.25) is 0 Å². The molecule has 2 heterocycles. The predicted molar refractivity (Wildman–Crippen MR) is 80.0 cm³/mol. The lowest BCUT2D eigenvalue weighted by molar-refractivity contribution is 0.121. The Labute approximate surface area is 118 Å². The fraction of sp³-hybridized carbons (Fsp3) is 0.500. The van der Waals surface area contributed by atoms with Gasteiger partial charge >= 0.3 is 0 Å². The quantitative estimate of drug-likeness (QED) is 0.790. The maximum Gasteiger partial charge on any atom is 0.0459 e. The molecule has 1 unspecified atom stereocenters. The van der Waals surface area contributed by atoms with Crippen molar-refractivity contribution >= 4 is 22.5 Å². The van der Waals surface area contributed by atoms with Crippen molar-refractivity contribution in [1.82, 2.24) is 9.88 Å². The van der Waals surface area contributed by atoms with Crippen LogP contribution in [0.3, 0.4) is 0 Å². The monoisotopic (exact) mass is 274 g/mol. The molecule has 2 aliphatic rings. The zero-order valence-electron chi connectivity index (χ0n) is 11.2. The second-order valence-electron chi connectivity index (χ2n) is 6.16. The Morgan fingerprint density at radius 2 is 2.32 bits per heavy atom. The molecule has 1 aliphatic heterocycles. The van der Waals surface area contributed by atoms with Crippen LogP contribution in [0.25, 0.3) is 10.9 Å². The van der Waals surface area contributed by atoms with Crippen LogP contribution >= 0.6 is 11.6 Å². The van der Waals surface area contributed by atoms with Crippen LogP contribution in [0.1, 0.15) is 23.5 Å². The molecule has 4 rings (SSSR count). The molecule has 1 N–H and O–H groups in total. The van der Waals surface area contributed by atoms with Crippen molar-refractivity contribution in [3.8, 4) is 0 Å². The predicted octanol–water partition coefficient (Wildman–Crippen LogP) is 3.37. The Morgan fingerprint density at radius 3 is 3.16 bits per heavy atom. The number of benzene rings is 1. The molecule has 0 spiro atoms. The van der Waals surface area contributed by atoms with E-state index in [1.54, 1.807) is 0 Å². The van der Waals surface area contributed by atoms with Gasteiger partial charge in [-0.1, -0.05) is 12.1 Å². The zero-order chi connectivity index (χ0) is 13.0. The number of halogens is 1. The highest BCUT2D eigenvalue weighted by Crippen LogP contribution is 2.44. The first-order valence-electron chi connectivity index (χ1n) is 7.13. The van der Waals surface area contributed by atoms with Gasteiger partial charge in [0.25, 0.3) is 0 Å². The SMILES string of the molecule is CN1CC(CCl)C[C@H]2c3cccc4[nH]cc(c34)C[C@@H]21. The minimum absolute atomic E-state index is 0.628. The molecule has 1 fully saturated rings. The molecule has 100 valence electrons. The molecule has 0 bridgehead atoms. The molecular weight excluding hydrogens is 256 g/mol. The van der Waals surface area contributed by atoms with E-state index in [9.17, 15) is 0 Å². The second-order valence-corrected chi connectivity index (χ2v) is 6.47. The van der Waals surface area contributed by atoms with Crippen LogP contribution in [0, 0.1) is 5.92 Å². The van der Waals surface area contributed by atoms with Crippen molar-refractivity contribution in [2.45, 2.75) is 24.8 Å². The van der Waals surface area contributed by atoms with Gasteiger partial charge in [0.15, 0.2) is 0 Å². The lowest BCUT2D eigenvalue weighted by atomic mass is 9.73. The number of nitrogens with zero attached hydrogens (tertiary/aromatic N) is 1. The van der Waals surface area contributed by atoms with Gasteiger partial charge in [-0.05, 0) is 43.0 Å². The van der Waals surface area contributed by atoms with Gasteiger partial charge in [-0.15, -0.1) is 11.6 Å². The summed E-state index contributed by atoms with van der Waals surface area (Å²) in [5.74, 6) is 2.06. The first-order chi connectivity index (χ1) is 9.28. The summed E-state index contributed by atoms with van der Waals surface area (Å²) in [5, 5.41) is 1.48. The van der Waals surface area contributed by atoms with Gasteiger partial charge in [0, 0.05) is 41.5 Å². The number of aromatic amines is 1. The normalized spacial score (nSPS) is 30.5. The van der Waals surface area contributed by atoms with E-state index in [2.05, 4.69) is 41.3 Å². The zero-order valence-corrected chi connectivity index (χ0v) is 12.0. The highest BCUT2D eigenvalue weighted by molar-refractivity contribution is 6.18. The highest BCUT2D eigenvalue weighted by Gasteiger charge is 2.38. The number of H-pyrrole nitrogens is 1. The summed E-state index contributed by atoms with van der Waals surface area (Å²) >= 11 is 6.13. The van der Waals surface area contributed by atoms with E-state index in [1.807, 2.05) is 0 Å². The van der Waals surface area contributed by atoms with Crippen molar-refractivity contribution in [2.24, 2.45) is 5.92 Å². The number of nitrogens with one attached hydrogen (secondary N) is 1. The minimum atomic E-state index is 0.628. The van der Waals surface area contributed by atoms with Gasteiger partial charge in [-0.3, -0.25) is 0 Å². The van der Waals surface area contributed by atoms with Gasteiger partial charge < -0.3 is 9.88 Å². The molecule has 1 saturated heterocycles. The van der Waals surface area contributed by atoms with E-state index in [-0.39, 0.29) is 0 Å². The van der Waals surface area contributed by atoms with Crippen LogP contribution < -0.4 is 0 Å². The summed E-state index contributed by atoms with van der Waals surface area (Å²) in [7, 11) is 2.26. The molecule has 3 heteroatoms. The number of piperidine rings is 1. The Balaban J connectivity index is 1.86. The van der Waals surface area contributed by atoms with Gasteiger partial charge in [-0.2, -0.15) is 0 Å². The maximum atomic E-state index is 6.13. The van der Waals surface area contributed by atoms with Crippen molar-refractivity contribution in [3.05, 3.63) is 35.5 Å². The van der Waals surface area contributed by atoms with Crippen LogP contribution in [-0.2, 0) is 6.42 Å². The Bertz CT molecular complexity index is 618. The molecule has 1 aromatic heterocycles. The topological polar surface area (TPSA) is 19.0 Å². The van der Waals surface area contributed by atoms with Crippen LogP contribution in [0.4, 0.5) is 0 Å². The third kappa shape index (κ3) is 1.66. The number of rotatable bonds is 1. The summed E-state index contributed by atoms with van der Waals surface area (Å²) < 4.78 is 0. The number of aromatic nitrogens is 1. The number of likely N-dealkylation sites (tertiary alicyclic amines) is 1. The average molecular weight is 275 g/mol. The first-order valence-corrected chi connectivity index (χ1v) is 7.66. The maximum absolute atomic E-state index is 6.13. The molecule has 2 nitrogen and oxygen atoms in total. The minimum Gasteiger partial charge on any atom is -0.361 e. The Hall–Kier alpha value is -0.990. The number of hydrogen-bond donors (Lipinski definition) is 1. The Morgan fingerprint density at radius 1 is 1.42 bits per heavy atom. The van der Waals surface area contributed by atoms with Crippen LogP contribution in [0.5, 0.6) is 0 Å². The molecule has 2 aromatic rings. The van der Waals surface area contributed by atoms with E-state index in [1.165, 1.54) is 34.9 Å². The van der Waals surface area contributed by atoms with E-state index >= 15 is 0 Å². The number of likely N-dealkylation sites (N-methyl/N-ethyl adjacent to an activating group) is 1. The van der Waals surface area contributed by atoms with Crippen LogP contribution in [0.15, 0.2) is 24.4 Å². The molecule has 0 saturated carbocycles. The summed E-state index contributed by atoms with van der Waals surface area (Å²) in [5.41, 5.74) is 4.32. The summed E-state index contributed by atoms with van der Waals surface area (Å²) in [6.07, 6.45) is 4.61. The third-order valence-electron chi connectivity index (χ3n) is 5.03. The van der Waals surface area contributed by atoms with E-state index in [4.69, 9.17) is 11.6 Å². The van der Waals surface area contributed by atoms with Crippen molar-refractivity contribution in [2.75, 3.05) is 19.5 Å². The van der Waals surface area contributed by atoms with Crippen LogP contribution in [-0.4, -0.2) is 35.4 Å². The summed E-state index contributed by atoms with van der Waals surface area (Å²) in [6.45, 7) is 1.14. The number of fused-ring (bicyclic) bond motifs is 2. The summed E-state index contributed by atoms with van der Waals surface area (Å²) in [4.78, 5) is 5.95. The van der Waals surface area contributed by atoms with Crippen molar-refractivity contribution in [1.29, 1.82) is 0 Å². The molecule has 3 atom stereocenters. The second kappa shape index (κ2) is 4.26. The molecule has 1 aliphatic carbocycles. The number of alkyl halides is 1. The molecule has 0 radical (unpaired) electrons. The third-order valence-corrected chi connectivity index (χ3v) is 5.47. The first kappa shape index (κ1) is 11.8. The van der Waals surface area contributed by atoms with E-state index in [0.717, 1.165) is 12.4 Å². The fourth-order valence-electron chi connectivity index (χ4n) is 4.17. The smallest absolute Gasteiger partial charge is 0.0459 e. The largest absolute Gasteiger partial charge is 0.361 e. The lowest BCUT2D eigenvalue weighted by Gasteiger charge is -2.45. The average Bonchev–Trinajstić information content (AvgIpc) is 2.85. The fourth-order valence-corrected chi connectivity index (χ4v) is 4.39. The molecular formula is C16H19ClN2. The highest BCUT2D eigenvalue weighted by atomic mass is 35.5. The summed E-state index contributed by atoms with van der Waals surface area (Å²) in [6, 6.07) is 7.34.